The number of aromatic nitrogens is 1. The number of rotatable bonds is 10. The van der Waals surface area contributed by atoms with Crippen LogP contribution in [-0.2, 0) is 15.8 Å². The first-order valence-electron chi connectivity index (χ1n) is 10.2. The Hall–Kier alpha value is -2.29. The number of hydrogen-bond donors (Lipinski definition) is 1. The average molecular weight is 457 g/mol. The van der Waals surface area contributed by atoms with Crippen molar-refractivity contribution in [2.45, 2.75) is 57.2 Å². The third kappa shape index (κ3) is 7.72. The Morgan fingerprint density at radius 3 is 2.74 bits per heavy atom. The molecule has 1 aromatic rings. The number of ketones is 1. The third-order valence-electron chi connectivity index (χ3n) is 4.72. The van der Waals surface area contributed by atoms with Gasteiger partial charge in [-0.3, -0.25) is 4.79 Å². The lowest BCUT2D eigenvalue weighted by molar-refractivity contribution is -0.137. The van der Waals surface area contributed by atoms with Gasteiger partial charge in [-0.15, -0.1) is 11.8 Å². The number of nitrogens with zero attached hydrogens (tertiary/aromatic N) is 2. The van der Waals surface area contributed by atoms with Crippen molar-refractivity contribution in [2.75, 3.05) is 12.4 Å². The molecule has 0 aliphatic heterocycles. The first kappa shape index (κ1) is 25.0. The van der Waals surface area contributed by atoms with Crippen LogP contribution in [0.4, 0.5) is 13.2 Å². The van der Waals surface area contributed by atoms with Gasteiger partial charge < -0.3 is 9.94 Å². The van der Waals surface area contributed by atoms with E-state index in [4.69, 9.17) is 4.84 Å². The minimum Gasteiger partial charge on any atom is -0.511 e. The van der Waals surface area contributed by atoms with Crippen molar-refractivity contribution in [3.05, 3.63) is 47.4 Å². The van der Waals surface area contributed by atoms with Crippen LogP contribution < -0.4 is 0 Å². The number of hydrogen-bond acceptors (Lipinski definition) is 6. The molecule has 0 fully saturated rings. The van der Waals surface area contributed by atoms with E-state index in [1.165, 1.54) is 17.8 Å². The minimum absolute atomic E-state index is 0.0285. The van der Waals surface area contributed by atoms with Crippen molar-refractivity contribution >= 4 is 23.3 Å². The molecular formula is C22H27F3N2O3S. The Kier molecular flexibility index (Phi) is 9.61. The summed E-state index contributed by atoms with van der Waals surface area (Å²) in [6.07, 6.45) is 2.62. The van der Waals surface area contributed by atoms with E-state index in [2.05, 4.69) is 10.1 Å². The molecule has 0 radical (unpaired) electrons. The summed E-state index contributed by atoms with van der Waals surface area (Å²) in [4.78, 5) is 21.8. The maximum absolute atomic E-state index is 12.7. The quantitative estimate of drug-likeness (QED) is 0.151. The molecule has 1 N–H and O–H groups in total. The van der Waals surface area contributed by atoms with Gasteiger partial charge in [0, 0.05) is 19.0 Å². The summed E-state index contributed by atoms with van der Waals surface area (Å²) in [5.74, 6) is 0.417. The molecule has 1 atom stereocenters. The van der Waals surface area contributed by atoms with Crippen molar-refractivity contribution in [3.8, 4) is 0 Å². The first-order valence-corrected chi connectivity index (χ1v) is 11.2. The summed E-state index contributed by atoms with van der Waals surface area (Å²) < 4.78 is 37.8. The fourth-order valence-corrected chi connectivity index (χ4v) is 4.13. The molecule has 0 spiro atoms. The van der Waals surface area contributed by atoms with Crippen LogP contribution in [-0.4, -0.2) is 33.9 Å². The first-order chi connectivity index (χ1) is 14.8. The molecule has 0 amide bonds. The molecule has 9 heteroatoms. The Balaban J connectivity index is 1.95. The lowest BCUT2D eigenvalue weighted by Gasteiger charge is -2.23. The van der Waals surface area contributed by atoms with Crippen molar-refractivity contribution < 1.29 is 27.9 Å². The Morgan fingerprint density at radius 2 is 2.16 bits per heavy atom. The van der Waals surface area contributed by atoms with E-state index in [1.54, 1.807) is 6.08 Å². The zero-order chi connectivity index (χ0) is 22.9. The largest absolute Gasteiger partial charge is 0.511 e. The standard InChI is InChI=1S/C22H27F3N2O3S/c1-3-5-10-30-27-17(6-4-2)21-18(28)12-15(13-19(21)29)9-11-31-20-8-7-16(14-26-20)22(23,24)25/h3,5,7-8,14-15,28H,4,6,9-13H2,1-2H3/b5-3+,27-17?. The van der Waals surface area contributed by atoms with Gasteiger partial charge >= 0.3 is 6.18 Å². The number of Topliss-reactive ketones (excluding diaryl/α,β-unsaturated/α-hetero) is 1. The molecule has 0 aromatic carbocycles. The van der Waals surface area contributed by atoms with Gasteiger partial charge in [0.1, 0.15) is 12.4 Å². The van der Waals surface area contributed by atoms with Gasteiger partial charge in [-0.25, -0.2) is 4.98 Å². The minimum atomic E-state index is -4.40. The molecule has 1 aromatic heterocycles. The number of halogens is 3. The van der Waals surface area contributed by atoms with Gasteiger partial charge in [-0.05, 0) is 49.6 Å². The summed E-state index contributed by atoms with van der Waals surface area (Å²) in [6, 6.07) is 2.35. The highest BCUT2D eigenvalue weighted by Crippen LogP contribution is 2.32. The van der Waals surface area contributed by atoms with Crippen molar-refractivity contribution in [2.24, 2.45) is 11.1 Å². The zero-order valence-electron chi connectivity index (χ0n) is 17.6. The lowest BCUT2D eigenvalue weighted by Crippen LogP contribution is -2.25. The van der Waals surface area contributed by atoms with Crippen molar-refractivity contribution in [1.29, 1.82) is 0 Å². The van der Waals surface area contributed by atoms with Gasteiger partial charge in [0.2, 0.25) is 0 Å². The fraction of sp³-hybridized carbons (Fsp3) is 0.500. The van der Waals surface area contributed by atoms with E-state index < -0.39 is 11.7 Å². The Morgan fingerprint density at radius 1 is 1.39 bits per heavy atom. The Bertz CT molecular complexity index is 833. The van der Waals surface area contributed by atoms with Crippen LogP contribution >= 0.6 is 11.8 Å². The van der Waals surface area contributed by atoms with Crippen molar-refractivity contribution in [1.82, 2.24) is 4.98 Å². The predicted molar refractivity (Wildman–Crippen MR) is 115 cm³/mol. The van der Waals surface area contributed by atoms with Crippen LogP contribution in [0.1, 0.15) is 51.5 Å². The van der Waals surface area contributed by atoms with E-state index in [-0.39, 0.29) is 29.5 Å². The summed E-state index contributed by atoms with van der Waals surface area (Å²) in [5, 5.41) is 15.1. The molecule has 170 valence electrons. The number of carbonyl (C=O) groups is 1. The van der Waals surface area contributed by atoms with E-state index in [9.17, 15) is 23.1 Å². The molecule has 2 rings (SSSR count). The molecule has 1 heterocycles. The molecular weight excluding hydrogens is 429 g/mol. The number of aliphatic hydroxyl groups is 1. The molecule has 0 saturated carbocycles. The second-order valence-electron chi connectivity index (χ2n) is 7.19. The zero-order valence-corrected chi connectivity index (χ0v) is 18.4. The molecule has 0 saturated heterocycles. The number of carbonyl (C=O) groups excluding carboxylic acids is 1. The number of alkyl halides is 3. The van der Waals surface area contributed by atoms with Crippen LogP contribution in [0.5, 0.6) is 0 Å². The average Bonchev–Trinajstić information content (AvgIpc) is 2.70. The third-order valence-corrected chi connectivity index (χ3v) is 5.70. The van der Waals surface area contributed by atoms with E-state index in [1.807, 2.05) is 19.9 Å². The normalized spacial score (nSPS) is 18.2. The Labute approximate surface area is 184 Å². The van der Waals surface area contributed by atoms with Crippen LogP contribution in [0.2, 0.25) is 0 Å². The van der Waals surface area contributed by atoms with Gasteiger partial charge in [-0.2, -0.15) is 13.2 Å². The van der Waals surface area contributed by atoms with Crippen LogP contribution in [0.15, 0.2) is 52.0 Å². The van der Waals surface area contributed by atoms with Crippen molar-refractivity contribution in [3.63, 3.8) is 0 Å². The summed E-state index contributed by atoms with van der Waals surface area (Å²) in [7, 11) is 0. The molecule has 1 unspecified atom stereocenters. The van der Waals surface area contributed by atoms with E-state index >= 15 is 0 Å². The molecule has 31 heavy (non-hydrogen) atoms. The van der Waals surface area contributed by atoms with Gasteiger partial charge in [0.05, 0.1) is 21.9 Å². The SMILES string of the molecule is C/C=C/CON=C(CCC)C1=C(O)CC(CCSc2ccc(C(F)(F)F)cn2)CC1=O. The van der Waals surface area contributed by atoms with Crippen LogP contribution in [0.25, 0.3) is 0 Å². The molecule has 5 nitrogen and oxygen atoms in total. The highest BCUT2D eigenvalue weighted by molar-refractivity contribution is 7.99. The van der Waals surface area contributed by atoms with E-state index in [0.717, 1.165) is 18.7 Å². The van der Waals surface area contributed by atoms with Crippen LogP contribution in [0.3, 0.4) is 0 Å². The number of thioether (sulfide) groups is 1. The second-order valence-corrected chi connectivity index (χ2v) is 8.31. The van der Waals surface area contributed by atoms with Gasteiger partial charge in [-0.1, -0.05) is 24.6 Å². The summed E-state index contributed by atoms with van der Waals surface area (Å²) in [6.45, 7) is 4.12. The maximum Gasteiger partial charge on any atom is 0.417 e. The molecule has 0 bridgehead atoms. The lowest BCUT2D eigenvalue weighted by atomic mass is 9.83. The summed E-state index contributed by atoms with van der Waals surface area (Å²) >= 11 is 1.33. The second kappa shape index (κ2) is 11.9. The van der Waals surface area contributed by atoms with Gasteiger partial charge in [0.15, 0.2) is 5.78 Å². The molecule has 1 aliphatic rings. The predicted octanol–water partition coefficient (Wildman–Crippen LogP) is 6.12. The fourth-order valence-electron chi connectivity index (χ4n) is 3.18. The smallest absolute Gasteiger partial charge is 0.417 e. The number of aliphatic hydroxyl groups excluding tert-OH is 1. The maximum atomic E-state index is 12.7. The highest BCUT2D eigenvalue weighted by Gasteiger charge is 2.31. The number of oxime groups is 1. The summed E-state index contributed by atoms with van der Waals surface area (Å²) in [5.41, 5.74) is -0.0523. The van der Waals surface area contributed by atoms with Crippen LogP contribution in [0, 0.1) is 5.92 Å². The van der Waals surface area contributed by atoms with E-state index in [0.29, 0.717) is 42.4 Å². The van der Waals surface area contributed by atoms with Gasteiger partial charge in [0.25, 0.3) is 0 Å². The number of pyridine rings is 1. The monoisotopic (exact) mass is 456 g/mol. The topological polar surface area (TPSA) is 71.8 Å². The molecule has 1 aliphatic carbocycles. The number of allylic oxidation sites excluding steroid dienone is 3. The highest BCUT2D eigenvalue weighted by atomic mass is 32.2.